The Balaban J connectivity index is 1.40. The van der Waals surface area contributed by atoms with E-state index in [1.54, 1.807) is 43.3 Å². The van der Waals surface area contributed by atoms with Gasteiger partial charge >= 0.3 is 0 Å². The van der Waals surface area contributed by atoms with Crippen LogP contribution >= 0.6 is 0 Å². The van der Waals surface area contributed by atoms with Gasteiger partial charge in [-0.2, -0.15) is 4.31 Å². The topological polar surface area (TPSA) is 96.0 Å². The van der Waals surface area contributed by atoms with Gasteiger partial charge in [-0.05, 0) is 49.2 Å². The number of carbonyl (C=O) groups excluding carboxylic acids is 2. The Kier molecular flexibility index (Phi) is 7.23. The second-order valence-corrected chi connectivity index (χ2v) is 10.9. The first-order valence-electron chi connectivity index (χ1n) is 11.6. The predicted molar refractivity (Wildman–Crippen MR) is 130 cm³/mol. The summed E-state index contributed by atoms with van der Waals surface area (Å²) in [6, 6.07) is 13.5. The minimum absolute atomic E-state index is 0.0317. The molecule has 8 nitrogen and oxygen atoms in total. The Hall–Kier alpha value is -2.91. The highest BCUT2D eigenvalue weighted by molar-refractivity contribution is 7.89. The molecule has 1 aliphatic carbocycles. The number of carbonyl (C=O) groups is 2. The molecule has 2 aliphatic rings. The van der Waals surface area contributed by atoms with Crippen molar-refractivity contribution < 1.29 is 22.7 Å². The van der Waals surface area contributed by atoms with Crippen LogP contribution < -0.4 is 15.0 Å². The number of nitrogens with one attached hydrogen (secondary N) is 1. The third-order valence-corrected chi connectivity index (χ3v) is 8.68. The molecule has 1 N–H and O–H groups in total. The highest BCUT2D eigenvalue weighted by atomic mass is 32.2. The molecule has 1 unspecified atom stereocenters. The molecule has 1 heterocycles. The van der Waals surface area contributed by atoms with Crippen molar-refractivity contribution in [1.82, 2.24) is 4.31 Å². The Bertz CT molecular complexity index is 1140. The average molecular weight is 486 g/mol. The number of sulfonamides is 1. The van der Waals surface area contributed by atoms with Gasteiger partial charge in [0.25, 0.3) is 0 Å². The van der Waals surface area contributed by atoms with Crippen molar-refractivity contribution >= 4 is 33.2 Å². The Morgan fingerprint density at radius 2 is 1.74 bits per heavy atom. The molecule has 0 aromatic heterocycles. The molecular weight excluding hydrogens is 454 g/mol. The summed E-state index contributed by atoms with van der Waals surface area (Å²) in [5.41, 5.74) is 1.13. The van der Waals surface area contributed by atoms with Crippen molar-refractivity contribution in [1.29, 1.82) is 0 Å². The van der Waals surface area contributed by atoms with Crippen LogP contribution in [0.3, 0.4) is 0 Å². The number of benzene rings is 2. The van der Waals surface area contributed by atoms with Gasteiger partial charge in [0.05, 0.1) is 23.6 Å². The van der Waals surface area contributed by atoms with E-state index in [0.717, 1.165) is 32.1 Å². The van der Waals surface area contributed by atoms with Gasteiger partial charge in [-0.1, -0.05) is 31.4 Å². The van der Waals surface area contributed by atoms with Crippen LogP contribution in [0, 0.1) is 5.92 Å². The Morgan fingerprint density at radius 1 is 1.06 bits per heavy atom. The zero-order valence-electron chi connectivity index (χ0n) is 19.6. The zero-order chi connectivity index (χ0) is 24.3. The molecule has 1 saturated heterocycles. The number of hydrogen-bond donors (Lipinski definition) is 1. The summed E-state index contributed by atoms with van der Waals surface area (Å²) in [5, 5.41) is 2.82. The van der Waals surface area contributed by atoms with Crippen molar-refractivity contribution in [2.45, 2.75) is 49.5 Å². The van der Waals surface area contributed by atoms with Crippen LogP contribution in [0.1, 0.15) is 38.5 Å². The average Bonchev–Trinajstić information content (AvgIpc) is 3.26. The van der Waals surface area contributed by atoms with E-state index in [1.165, 1.54) is 16.4 Å². The number of anilines is 2. The number of nitrogens with zero attached hydrogens (tertiary/aromatic N) is 2. The lowest BCUT2D eigenvalue weighted by atomic mass is 9.96. The van der Waals surface area contributed by atoms with Crippen molar-refractivity contribution in [3.8, 4) is 5.75 Å². The molecule has 0 bridgehead atoms. The maximum atomic E-state index is 13.0. The van der Waals surface area contributed by atoms with E-state index in [9.17, 15) is 18.0 Å². The third-order valence-electron chi connectivity index (χ3n) is 6.76. The summed E-state index contributed by atoms with van der Waals surface area (Å²) in [7, 11) is -0.407. The molecular formula is C25H31N3O5S. The van der Waals surface area contributed by atoms with Crippen LogP contribution in [0.4, 0.5) is 11.4 Å². The lowest BCUT2D eigenvalue weighted by molar-refractivity contribution is -0.122. The van der Waals surface area contributed by atoms with Crippen LogP contribution in [0.15, 0.2) is 53.4 Å². The fourth-order valence-electron chi connectivity index (χ4n) is 4.73. The van der Waals surface area contributed by atoms with Crippen LogP contribution in [0.2, 0.25) is 0 Å². The SMILES string of the molecule is COc1ccccc1N1CC(C(=O)Nc2ccc(S(=O)(=O)N(C)C3CCCCC3)cc2)CC1=O. The van der Waals surface area contributed by atoms with E-state index in [-0.39, 0.29) is 35.7 Å². The summed E-state index contributed by atoms with van der Waals surface area (Å²) < 4.78 is 32.9. The number of para-hydroxylation sites is 2. The van der Waals surface area contributed by atoms with Crippen molar-refractivity contribution in [3.63, 3.8) is 0 Å². The van der Waals surface area contributed by atoms with Gasteiger partial charge in [-0.25, -0.2) is 8.42 Å². The monoisotopic (exact) mass is 485 g/mol. The van der Waals surface area contributed by atoms with Gasteiger partial charge in [0.2, 0.25) is 21.8 Å². The van der Waals surface area contributed by atoms with Gasteiger partial charge in [0, 0.05) is 31.7 Å². The van der Waals surface area contributed by atoms with Gasteiger partial charge in [0.1, 0.15) is 5.75 Å². The van der Waals surface area contributed by atoms with Crippen molar-refractivity contribution in [3.05, 3.63) is 48.5 Å². The maximum absolute atomic E-state index is 13.0. The van der Waals surface area contributed by atoms with Gasteiger partial charge < -0.3 is 15.0 Å². The molecule has 9 heteroatoms. The van der Waals surface area contributed by atoms with E-state index >= 15 is 0 Å². The molecule has 2 amide bonds. The number of methoxy groups -OCH3 is 1. The molecule has 34 heavy (non-hydrogen) atoms. The third kappa shape index (κ3) is 4.95. The molecule has 1 atom stereocenters. The molecule has 1 aliphatic heterocycles. The normalized spacial score (nSPS) is 19.4. The van der Waals surface area contributed by atoms with Gasteiger partial charge in [-0.15, -0.1) is 0 Å². The summed E-state index contributed by atoms with van der Waals surface area (Å²) in [6.07, 6.45) is 5.12. The van der Waals surface area contributed by atoms with Crippen LogP contribution in [-0.2, 0) is 19.6 Å². The highest BCUT2D eigenvalue weighted by Crippen LogP contribution is 2.33. The summed E-state index contributed by atoms with van der Waals surface area (Å²) in [4.78, 5) is 27.2. The first-order valence-corrected chi connectivity index (χ1v) is 13.1. The molecule has 1 saturated carbocycles. The van der Waals surface area contributed by atoms with E-state index in [1.807, 2.05) is 12.1 Å². The fourth-order valence-corrected chi connectivity index (χ4v) is 6.15. The number of hydrogen-bond acceptors (Lipinski definition) is 5. The van der Waals surface area contributed by atoms with Gasteiger partial charge in [-0.3, -0.25) is 9.59 Å². The molecule has 0 spiro atoms. The fraction of sp³-hybridized carbons (Fsp3) is 0.440. The molecule has 2 aromatic rings. The van der Waals surface area contributed by atoms with E-state index in [4.69, 9.17) is 4.74 Å². The summed E-state index contributed by atoms with van der Waals surface area (Å²) >= 11 is 0. The molecule has 2 fully saturated rings. The van der Waals surface area contributed by atoms with Crippen LogP contribution in [-0.4, -0.2) is 51.3 Å². The minimum Gasteiger partial charge on any atom is -0.495 e. The van der Waals surface area contributed by atoms with Crippen molar-refractivity contribution in [2.75, 3.05) is 30.9 Å². The molecule has 0 radical (unpaired) electrons. The minimum atomic E-state index is -3.59. The number of ether oxygens (including phenoxy) is 1. The highest BCUT2D eigenvalue weighted by Gasteiger charge is 2.36. The first-order chi connectivity index (χ1) is 16.3. The molecule has 2 aromatic carbocycles. The van der Waals surface area contributed by atoms with Crippen molar-refractivity contribution in [2.24, 2.45) is 5.92 Å². The van der Waals surface area contributed by atoms with Gasteiger partial charge in [0.15, 0.2) is 0 Å². The van der Waals surface area contributed by atoms with E-state index in [0.29, 0.717) is 17.1 Å². The second kappa shape index (κ2) is 10.1. The quantitative estimate of drug-likeness (QED) is 0.646. The van der Waals surface area contributed by atoms with E-state index in [2.05, 4.69) is 5.32 Å². The second-order valence-electron chi connectivity index (χ2n) is 8.90. The predicted octanol–water partition coefficient (Wildman–Crippen LogP) is 3.64. The Labute approximate surface area is 200 Å². The molecule has 182 valence electrons. The number of amides is 2. The Morgan fingerprint density at radius 3 is 2.41 bits per heavy atom. The lowest BCUT2D eigenvalue weighted by Crippen LogP contribution is -2.38. The summed E-state index contributed by atoms with van der Waals surface area (Å²) in [6.45, 7) is 0.254. The summed E-state index contributed by atoms with van der Waals surface area (Å²) in [5.74, 6) is -0.359. The first kappa shape index (κ1) is 24.2. The van der Waals surface area contributed by atoms with E-state index < -0.39 is 15.9 Å². The standard InChI is InChI=1S/C25H31N3O5S/c1-27(20-8-4-3-5-9-20)34(31,32)21-14-12-19(13-15-21)26-25(30)18-16-24(29)28(17-18)22-10-6-7-11-23(22)33-2/h6-7,10-15,18,20H,3-5,8-9,16-17H2,1-2H3,(H,26,30). The largest absolute Gasteiger partial charge is 0.495 e. The molecule has 4 rings (SSSR count). The zero-order valence-corrected chi connectivity index (χ0v) is 20.4. The lowest BCUT2D eigenvalue weighted by Gasteiger charge is -2.30. The maximum Gasteiger partial charge on any atom is 0.243 e. The smallest absolute Gasteiger partial charge is 0.243 e. The van der Waals surface area contributed by atoms with Crippen LogP contribution in [0.25, 0.3) is 0 Å². The number of rotatable bonds is 7. The van der Waals surface area contributed by atoms with Crippen LogP contribution in [0.5, 0.6) is 5.75 Å².